The summed E-state index contributed by atoms with van der Waals surface area (Å²) < 4.78 is 0.148. The van der Waals surface area contributed by atoms with Crippen LogP contribution in [0.3, 0.4) is 0 Å². The highest BCUT2D eigenvalue weighted by atomic mass is 32.2. The minimum Gasteiger partial charge on any atom is -0.478 e. The van der Waals surface area contributed by atoms with Crippen LogP contribution in [0.1, 0.15) is 36.7 Å². The highest BCUT2D eigenvalue weighted by Gasteiger charge is 2.14. The van der Waals surface area contributed by atoms with E-state index in [-0.39, 0.29) is 4.75 Å². The van der Waals surface area contributed by atoms with E-state index < -0.39 is 5.97 Å². The largest absolute Gasteiger partial charge is 0.478 e. The van der Waals surface area contributed by atoms with Crippen LogP contribution in [0.25, 0.3) is 0 Å². The first-order chi connectivity index (χ1) is 6.79. The molecule has 1 N–H and O–H groups in total. The van der Waals surface area contributed by atoms with Gasteiger partial charge >= 0.3 is 5.97 Å². The lowest BCUT2D eigenvalue weighted by molar-refractivity contribution is 0.0696. The van der Waals surface area contributed by atoms with Gasteiger partial charge in [-0.25, -0.2) is 4.79 Å². The zero-order valence-electron chi connectivity index (χ0n) is 9.50. The molecule has 0 unspecified atom stereocenters. The molecular weight excluding hydrogens is 208 g/mol. The van der Waals surface area contributed by atoms with Gasteiger partial charge < -0.3 is 5.11 Å². The van der Waals surface area contributed by atoms with Crippen LogP contribution in [0.15, 0.2) is 23.1 Å². The van der Waals surface area contributed by atoms with Crippen LogP contribution in [0.2, 0.25) is 0 Å². The molecule has 0 amide bonds. The minimum atomic E-state index is -0.870. The van der Waals surface area contributed by atoms with Crippen molar-refractivity contribution in [3.63, 3.8) is 0 Å². The number of aryl methyl sites for hydroxylation is 1. The molecule has 15 heavy (non-hydrogen) atoms. The van der Waals surface area contributed by atoms with E-state index in [2.05, 4.69) is 20.8 Å². The van der Waals surface area contributed by atoms with Crippen molar-refractivity contribution in [2.24, 2.45) is 0 Å². The molecule has 0 aliphatic rings. The highest BCUT2D eigenvalue weighted by molar-refractivity contribution is 8.00. The molecule has 0 saturated heterocycles. The molecule has 82 valence electrons. The van der Waals surface area contributed by atoms with E-state index >= 15 is 0 Å². The van der Waals surface area contributed by atoms with Gasteiger partial charge in [0, 0.05) is 9.64 Å². The Bertz CT molecular complexity index is 378. The van der Waals surface area contributed by atoms with Crippen LogP contribution in [0.4, 0.5) is 0 Å². The van der Waals surface area contributed by atoms with Gasteiger partial charge in [-0.1, -0.05) is 20.8 Å². The summed E-state index contributed by atoms with van der Waals surface area (Å²) in [6.07, 6.45) is 0. The van der Waals surface area contributed by atoms with Crippen molar-refractivity contribution in [3.8, 4) is 0 Å². The van der Waals surface area contributed by atoms with Crippen molar-refractivity contribution in [2.75, 3.05) is 0 Å². The van der Waals surface area contributed by atoms with Gasteiger partial charge in [0.2, 0.25) is 0 Å². The Morgan fingerprint density at radius 1 is 1.33 bits per heavy atom. The summed E-state index contributed by atoms with van der Waals surface area (Å²) in [5.41, 5.74) is 1.38. The standard InChI is InChI=1S/C12H16O2S/c1-8-7-9(11(13)14)5-6-10(8)15-12(2,3)4/h5-7H,1-4H3,(H,13,14). The lowest BCUT2D eigenvalue weighted by Crippen LogP contribution is -2.07. The number of thioether (sulfide) groups is 1. The zero-order valence-corrected chi connectivity index (χ0v) is 10.3. The summed E-state index contributed by atoms with van der Waals surface area (Å²) in [5.74, 6) is -0.870. The molecule has 0 aliphatic carbocycles. The molecule has 2 nitrogen and oxygen atoms in total. The van der Waals surface area contributed by atoms with Gasteiger partial charge in [-0.3, -0.25) is 0 Å². The van der Waals surface area contributed by atoms with Crippen molar-refractivity contribution in [3.05, 3.63) is 29.3 Å². The average molecular weight is 224 g/mol. The lowest BCUT2D eigenvalue weighted by atomic mass is 10.1. The maximum absolute atomic E-state index is 10.7. The second-order valence-electron chi connectivity index (χ2n) is 4.50. The van der Waals surface area contributed by atoms with Crippen LogP contribution in [-0.4, -0.2) is 15.8 Å². The summed E-state index contributed by atoms with van der Waals surface area (Å²) in [6, 6.07) is 5.26. The second kappa shape index (κ2) is 4.27. The van der Waals surface area contributed by atoms with Gasteiger partial charge in [0.25, 0.3) is 0 Å². The van der Waals surface area contributed by atoms with Crippen molar-refractivity contribution < 1.29 is 9.90 Å². The maximum Gasteiger partial charge on any atom is 0.335 e. The monoisotopic (exact) mass is 224 g/mol. The van der Waals surface area contributed by atoms with Crippen LogP contribution < -0.4 is 0 Å². The SMILES string of the molecule is Cc1cc(C(=O)O)ccc1SC(C)(C)C. The third-order valence-electron chi connectivity index (χ3n) is 1.84. The van der Waals surface area contributed by atoms with Gasteiger partial charge in [0.1, 0.15) is 0 Å². The molecule has 1 aromatic rings. The Morgan fingerprint density at radius 3 is 2.33 bits per heavy atom. The first kappa shape index (κ1) is 12.1. The number of carboxylic acids is 1. The van der Waals surface area contributed by atoms with E-state index in [0.29, 0.717) is 5.56 Å². The molecule has 0 atom stereocenters. The Balaban J connectivity index is 2.99. The fraction of sp³-hybridized carbons (Fsp3) is 0.417. The van der Waals surface area contributed by atoms with E-state index in [0.717, 1.165) is 10.5 Å². The predicted molar refractivity (Wildman–Crippen MR) is 63.7 cm³/mol. The molecule has 1 rings (SSSR count). The minimum absolute atomic E-state index is 0.148. The van der Waals surface area contributed by atoms with Crippen LogP contribution in [0, 0.1) is 6.92 Å². The zero-order chi connectivity index (χ0) is 11.6. The lowest BCUT2D eigenvalue weighted by Gasteiger charge is -2.19. The second-order valence-corrected chi connectivity index (χ2v) is 6.37. The number of carboxylic acid groups (broad SMARTS) is 1. The van der Waals surface area contributed by atoms with Crippen LogP contribution in [0.5, 0.6) is 0 Å². The molecule has 0 bridgehead atoms. The fourth-order valence-corrected chi connectivity index (χ4v) is 2.24. The Kier molecular flexibility index (Phi) is 3.45. The predicted octanol–water partition coefficient (Wildman–Crippen LogP) is 3.58. The smallest absolute Gasteiger partial charge is 0.335 e. The number of hydrogen-bond acceptors (Lipinski definition) is 2. The van der Waals surface area contributed by atoms with E-state index in [1.54, 1.807) is 23.9 Å². The van der Waals surface area contributed by atoms with E-state index in [9.17, 15) is 4.79 Å². The first-order valence-corrected chi connectivity index (χ1v) is 5.64. The quantitative estimate of drug-likeness (QED) is 0.780. The average Bonchev–Trinajstić information content (AvgIpc) is 2.05. The number of carbonyl (C=O) groups is 1. The van der Waals surface area contributed by atoms with Crippen LogP contribution in [-0.2, 0) is 0 Å². The Morgan fingerprint density at radius 2 is 1.93 bits per heavy atom. The van der Waals surface area contributed by atoms with E-state index in [4.69, 9.17) is 5.11 Å². The van der Waals surface area contributed by atoms with Gasteiger partial charge in [-0.15, -0.1) is 11.8 Å². The number of hydrogen-bond donors (Lipinski definition) is 1. The first-order valence-electron chi connectivity index (χ1n) is 4.82. The van der Waals surface area contributed by atoms with Gasteiger partial charge in [-0.2, -0.15) is 0 Å². The summed E-state index contributed by atoms with van der Waals surface area (Å²) in [6.45, 7) is 8.37. The maximum atomic E-state index is 10.7. The summed E-state index contributed by atoms with van der Waals surface area (Å²) in [7, 11) is 0. The molecule has 0 fully saturated rings. The molecule has 0 spiro atoms. The van der Waals surface area contributed by atoms with Gasteiger partial charge in [0.05, 0.1) is 5.56 Å². The van der Waals surface area contributed by atoms with Crippen molar-refractivity contribution in [1.82, 2.24) is 0 Å². The Hall–Kier alpha value is -0.960. The third-order valence-corrected chi connectivity index (χ3v) is 3.13. The molecule has 1 aromatic carbocycles. The molecule has 0 heterocycles. The molecule has 0 aliphatic heterocycles. The number of benzene rings is 1. The van der Waals surface area contributed by atoms with E-state index in [1.165, 1.54) is 0 Å². The molecule has 3 heteroatoms. The third kappa shape index (κ3) is 3.59. The van der Waals surface area contributed by atoms with Crippen molar-refractivity contribution in [2.45, 2.75) is 37.3 Å². The summed E-state index contributed by atoms with van der Waals surface area (Å²) in [5, 5.41) is 8.83. The Labute approximate surface area is 94.7 Å². The normalized spacial score (nSPS) is 11.5. The van der Waals surface area contributed by atoms with Crippen molar-refractivity contribution in [1.29, 1.82) is 0 Å². The molecule has 0 aromatic heterocycles. The van der Waals surface area contributed by atoms with Gasteiger partial charge in [-0.05, 0) is 30.7 Å². The molecule has 0 radical (unpaired) electrons. The molecular formula is C12H16O2S. The van der Waals surface area contributed by atoms with Crippen molar-refractivity contribution >= 4 is 17.7 Å². The highest BCUT2D eigenvalue weighted by Crippen LogP contribution is 2.34. The summed E-state index contributed by atoms with van der Waals surface area (Å²) >= 11 is 1.75. The van der Waals surface area contributed by atoms with E-state index in [1.807, 2.05) is 13.0 Å². The topological polar surface area (TPSA) is 37.3 Å². The number of aromatic carboxylic acids is 1. The molecule has 0 saturated carbocycles. The number of rotatable bonds is 2. The van der Waals surface area contributed by atoms with Gasteiger partial charge in [0.15, 0.2) is 0 Å². The summed E-state index contributed by atoms with van der Waals surface area (Å²) in [4.78, 5) is 11.9. The fourth-order valence-electron chi connectivity index (χ4n) is 1.23. The van der Waals surface area contributed by atoms with Crippen LogP contribution >= 0.6 is 11.8 Å².